The number of hydrogen-bond donors (Lipinski definition) is 2. The molecule has 5 heteroatoms. The Hall–Kier alpha value is -2.14. The predicted molar refractivity (Wildman–Crippen MR) is 70.9 cm³/mol. The molecule has 2 rings (SSSR count). The smallest absolute Gasteiger partial charge is 0.144 e. The summed E-state index contributed by atoms with van der Waals surface area (Å²) in [7, 11) is 1.69. The van der Waals surface area contributed by atoms with E-state index < -0.39 is 0 Å². The van der Waals surface area contributed by atoms with Crippen molar-refractivity contribution < 1.29 is 4.74 Å². The molecule has 0 unspecified atom stereocenters. The number of methoxy groups -OCH3 is 1. The molecule has 1 aromatic heterocycles. The van der Waals surface area contributed by atoms with Gasteiger partial charge in [0.2, 0.25) is 0 Å². The standard InChI is InChI=1S/C13H16N4O/c1-18-9-11-4-2-3-10(5-11)6-16-13-8-15-12(14)7-17-13/h2-5,7-8H,6,9H2,1H3,(H2,14,15)(H,16,17). The Kier molecular flexibility index (Phi) is 4.09. The minimum Gasteiger partial charge on any atom is -0.382 e. The van der Waals surface area contributed by atoms with E-state index in [1.54, 1.807) is 13.3 Å². The second-order valence-electron chi connectivity index (χ2n) is 3.93. The van der Waals surface area contributed by atoms with Gasteiger partial charge >= 0.3 is 0 Å². The van der Waals surface area contributed by atoms with Gasteiger partial charge in [0.15, 0.2) is 0 Å². The molecule has 0 amide bonds. The Labute approximate surface area is 106 Å². The number of ether oxygens (including phenoxy) is 1. The molecule has 1 aromatic carbocycles. The van der Waals surface area contributed by atoms with Gasteiger partial charge in [0, 0.05) is 13.7 Å². The molecule has 0 radical (unpaired) electrons. The van der Waals surface area contributed by atoms with Crippen molar-refractivity contribution in [3.63, 3.8) is 0 Å². The number of hydrogen-bond acceptors (Lipinski definition) is 5. The van der Waals surface area contributed by atoms with Crippen LogP contribution in [0.15, 0.2) is 36.7 Å². The van der Waals surface area contributed by atoms with Crippen LogP contribution >= 0.6 is 0 Å². The normalized spacial score (nSPS) is 10.3. The third-order valence-corrected chi connectivity index (χ3v) is 2.45. The zero-order chi connectivity index (χ0) is 12.8. The van der Waals surface area contributed by atoms with Crippen molar-refractivity contribution in [3.8, 4) is 0 Å². The first-order valence-corrected chi connectivity index (χ1v) is 5.66. The van der Waals surface area contributed by atoms with Gasteiger partial charge in [0.25, 0.3) is 0 Å². The lowest BCUT2D eigenvalue weighted by Gasteiger charge is -2.07. The lowest BCUT2D eigenvalue weighted by atomic mass is 10.1. The summed E-state index contributed by atoms with van der Waals surface area (Å²) in [6.07, 6.45) is 3.15. The van der Waals surface area contributed by atoms with E-state index in [2.05, 4.69) is 27.4 Å². The van der Waals surface area contributed by atoms with Crippen LogP contribution in [0.4, 0.5) is 11.6 Å². The van der Waals surface area contributed by atoms with Gasteiger partial charge in [0.05, 0.1) is 19.0 Å². The molecule has 0 saturated carbocycles. The van der Waals surface area contributed by atoms with E-state index in [1.807, 2.05) is 12.1 Å². The second-order valence-corrected chi connectivity index (χ2v) is 3.93. The van der Waals surface area contributed by atoms with E-state index in [0.717, 1.165) is 5.56 Å². The van der Waals surface area contributed by atoms with E-state index in [9.17, 15) is 0 Å². The first-order valence-electron chi connectivity index (χ1n) is 5.66. The molecule has 2 aromatic rings. The average Bonchev–Trinajstić information content (AvgIpc) is 2.39. The van der Waals surface area contributed by atoms with Crippen LogP contribution < -0.4 is 11.1 Å². The van der Waals surface area contributed by atoms with Crippen molar-refractivity contribution in [1.82, 2.24) is 9.97 Å². The first-order chi connectivity index (χ1) is 8.78. The highest BCUT2D eigenvalue weighted by Gasteiger charge is 1.98. The van der Waals surface area contributed by atoms with Gasteiger partial charge < -0.3 is 15.8 Å². The maximum absolute atomic E-state index is 5.47. The van der Waals surface area contributed by atoms with Crippen LogP contribution in [0.2, 0.25) is 0 Å². The number of benzene rings is 1. The molecule has 0 spiro atoms. The third kappa shape index (κ3) is 3.43. The third-order valence-electron chi connectivity index (χ3n) is 2.45. The zero-order valence-electron chi connectivity index (χ0n) is 10.3. The van der Waals surface area contributed by atoms with Gasteiger partial charge in [-0.25, -0.2) is 9.97 Å². The summed E-state index contributed by atoms with van der Waals surface area (Å²) in [5.74, 6) is 1.13. The number of rotatable bonds is 5. The summed E-state index contributed by atoms with van der Waals surface area (Å²) in [5, 5.41) is 3.19. The van der Waals surface area contributed by atoms with Crippen LogP contribution in [-0.4, -0.2) is 17.1 Å². The van der Waals surface area contributed by atoms with Crippen molar-refractivity contribution in [1.29, 1.82) is 0 Å². The topological polar surface area (TPSA) is 73.1 Å². The summed E-state index contributed by atoms with van der Waals surface area (Å²) in [6.45, 7) is 1.31. The Morgan fingerprint density at radius 2 is 2.06 bits per heavy atom. The van der Waals surface area contributed by atoms with E-state index in [1.165, 1.54) is 11.8 Å². The highest BCUT2D eigenvalue weighted by atomic mass is 16.5. The summed E-state index contributed by atoms with van der Waals surface area (Å²) in [4.78, 5) is 8.10. The fourth-order valence-corrected chi connectivity index (χ4v) is 1.62. The van der Waals surface area contributed by atoms with Crippen LogP contribution in [0.3, 0.4) is 0 Å². The molecule has 1 heterocycles. The number of nitrogens with two attached hydrogens (primary N) is 1. The molecule has 0 aliphatic heterocycles. The minimum atomic E-state index is 0.419. The number of aromatic nitrogens is 2. The number of nitrogens with zero attached hydrogens (tertiary/aromatic N) is 2. The zero-order valence-corrected chi connectivity index (χ0v) is 10.3. The summed E-state index contributed by atoms with van der Waals surface area (Å²) in [5.41, 5.74) is 7.79. The molecule has 94 valence electrons. The van der Waals surface area contributed by atoms with Crippen LogP contribution in [-0.2, 0) is 17.9 Å². The molecule has 0 bridgehead atoms. The summed E-state index contributed by atoms with van der Waals surface area (Å²) < 4.78 is 5.10. The molecular weight excluding hydrogens is 228 g/mol. The van der Waals surface area contributed by atoms with Crippen molar-refractivity contribution in [3.05, 3.63) is 47.8 Å². The van der Waals surface area contributed by atoms with Crippen LogP contribution in [0.5, 0.6) is 0 Å². The molecule has 0 aliphatic rings. The molecule has 0 atom stereocenters. The van der Waals surface area contributed by atoms with E-state index in [0.29, 0.717) is 24.8 Å². The van der Waals surface area contributed by atoms with Gasteiger partial charge in [-0.3, -0.25) is 0 Å². The Bertz CT molecular complexity index is 499. The molecule has 0 fully saturated rings. The van der Waals surface area contributed by atoms with Gasteiger partial charge in [-0.15, -0.1) is 0 Å². The van der Waals surface area contributed by atoms with Crippen molar-refractivity contribution in [2.24, 2.45) is 0 Å². The highest BCUT2D eigenvalue weighted by Crippen LogP contribution is 2.09. The van der Waals surface area contributed by atoms with Gasteiger partial charge in [-0.05, 0) is 11.1 Å². The van der Waals surface area contributed by atoms with Gasteiger partial charge in [-0.2, -0.15) is 0 Å². The fourth-order valence-electron chi connectivity index (χ4n) is 1.62. The Balaban J connectivity index is 1.97. The second kappa shape index (κ2) is 5.97. The van der Waals surface area contributed by atoms with Crippen LogP contribution in [0.25, 0.3) is 0 Å². The number of nitrogens with one attached hydrogen (secondary N) is 1. The lowest BCUT2D eigenvalue weighted by Crippen LogP contribution is -2.03. The Morgan fingerprint density at radius 1 is 1.22 bits per heavy atom. The molecule has 0 saturated heterocycles. The molecule has 3 N–H and O–H groups in total. The quantitative estimate of drug-likeness (QED) is 0.839. The maximum Gasteiger partial charge on any atom is 0.144 e. The first kappa shape index (κ1) is 12.3. The minimum absolute atomic E-state index is 0.419. The van der Waals surface area contributed by atoms with Crippen molar-refractivity contribution in [2.75, 3.05) is 18.2 Å². The molecule has 18 heavy (non-hydrogen) atoms. The lowest BCUT2D eigenvalue weighted by molar-refractivity contribution is 0.185. The fraction of sp³-hybridized carbons (Fsp3) is 0.231. The highest BCUT2D eigenvalue weighted by molar-refractivity contribution is 5.37. The molecule has 5 nitrogen and oxygen atoms in total. The van der Waals surface area contributed by atoms with Crippen molar-refractivity contribution >= 4 is 11.6 Å². The van der Waals surface area contributed by atoms with E-state index in [4.69, 9.17) is 10.5 Å². The van der Waals surface area contributed by atoms with Gasteiger partial charge in [-0.1, -0.05) is 24.3 Å². The van der Waals surface area contributed by atoms with E-state index >= 15 is 0 Å². The largest absolute Gasteiger partial charge is 0.382 e. The SMILES string of the molecule is COCc1cccc(CNc2cnc(N)cn2)c1. The van der Waals surface area contributed by atoms with Crippen molar-refractivity contribution in [2.45, 2.75) is 13.2 Å². The number of nitrogen functional groups attached to an aromatic ring is 1. The van der Waals surface area contributed by atoms with Gasteiger partial charge in [0.1, 0.15) is 11.6 Å². The average molecular weight is 244 g/mol. The summed E-state index contributed by atoms with van der Waals surface area (Å²) >= 11 is 0. The maximum atomic E-state index is 5.47. The van der Waals surface area contributed by atoms with Crippen LogP contribution in [0, 0.1) is 0 Å². The monoisotopic (exact) mass is 244 g/mol. The number of anilines is 2. The molecule has 0 aliphatic carbocycles. The Morgan fingerprint density at radius 3 is 2.78 bits per heavy atom. The summed E-state index contributed by atoms with van der Waals surface area (Å²) in [6, 6.07) is 8.20. The molecular formula is C13H16N4O. The van der Waals surface area contributed by atoms with Crippen LogP contribution in [0.1, 0.15) is 11.1 Å². The predicted octanol–water partition coefficient (Wildman–Crippen LogP) is 1.82. The van der Waals surface area contributed by atoms with E-state index in [-0.39, 0.29) is 0 Å².